The first kappa shape index (κ1) is 13.3. The fourth-order valence-electron chi connectivity index (χ4n) is 2.20. The SMILES string of the molecule is NC(=NO)C1CCCN1C(=O)c1ccc(F)cc1F. The normalized spacial score (nSPS) is 19.8. The number of hydrogen-bond donors (Lipinski definition) is 2. The number of amidine groups is 1. The summed E-state index contributed by atoms with van der Waals surface area (Å²) in [6.07, 6.45) is 1.22. The van der Waals surface area contributed by atoms with Crippen LogP contribution in [-0.2, 0) is 0 Å². The van der Waals surface area contributed by atoms with Gasteiger partial charge in [-0.25, -0.2) is 8.78 Å². The lowest BCUT2D eigenvalue weighted by Crippen LogP contribution is -2.44. The van der Waals surface area contributed by atoms with E-state index in [-0.39, 0.29) is 11.4 Å². The smallest absolute Gasteiger partial charge is 0.257 e. The van der Waals surface area contributed by atoms with Crippen LogP contribution in [0.25, 0.3) is 0 Å². The predicted octanol–water partition coefficient (Wildman–Crippen LogP) is 1.32. The Labute approximate surface area is 108 Å². The van der Waals surface area contributed by atoms with Gasteiger partial charge in [-0.2, -0.15) is 0 Å². The molecule has 0 radical (unpaired) electrons. The molecule has 1 unspecified atom stereocenters. The van der Waals surface area contributed by atoms with Gasteiger partial charge in [0.1, 0.15) is 11.6 Å². The van der Waals surface area contributed by atoms with Crippen LogP contribution in [0, 0.1) is 11.6 Å². The maximum atomic E-state index is 13.6. The monoisotopic (exact) mass is 269 g/mol. The summed E-state index contributed by atoms with van der Waals surface area (Å²) >= 11 is 0. The van der Waals surface area contributed by atoms with Crippen molar-refractivity contribution in [2.75, 3.05) is 6.54 Å². The molecule has 0 aliphatic carbocycles. The quantitative estimate of drug-likeness (QED) is 0.368. The Hall–Kier alpha value is -2.18. The highest BCUT2D eigenvalue weighted by atomic mass is 19.1. The van der Waals surface area contributed by atoms with Gasteiger partial charge in [0.15, 0.2) is 5.84 Å². The van der Waals surface area contributed by atoms with E-state index in [2.05, 4.69) is 5.16 Å². The molecular weight excluding hydrogens is 256 g/mol. The second kappa shape index (κ2) is 5.21. The van der Waals surface area contributed by atoms with Crippen LogP contribution in [0.4, 0.5) is 8.78 Å². The molecule has 1 aliphatic rings. The van der Waals surface area contributed by atoms with Crippen molar-refractivity contribution < 1.29 is 18.8 Å². The second-order valence-electron chi connectivity index (χ2n) is 4.31. The summed E-state index contributed by atoms with van der Waals surface area (Å²) in [4.78, 5) is 13.5. The van der Waals surface area contributed by atoms with Gasteiger partial charge < -0.3 is 15.8 Å². The minimum absolute atomic E-state index is 0.0895. The van der Waals surface area contributed by atoms with Crippen LogP contribution in [0.1, 0.15) is 23.2 Å². The van der Waals surface area contributed by atoms with E-state index in [1.165, 1.54) is 4.90 Å². The molecule has 0 aromatic heterocycles. The largest absolute Gasteiger partial charge is 0.409 e. The Morgan fingerprint density at radius 1 is 1.47 bits per heavy atom. The number of rotatable bonds is 2. The molecule has 2 rings (SSSR count). The Balaban J connectivity index is 2.28. The average Bonchev–Trinajstić information content (AvgIpc) is 2.86. The lowest BCUT2D eigenvalue weighted by Gasteiger charge is -2.23. The summed E-state index contributed by atoms with van der Waals surface area (Å²) in [5.41, 5.74) is 5.28. The summed E-state index contributed by atoms with van der Waals surface area (Å²) in [5, 5.41) is 11.5. The Morgan fingerprint density at radius 2 is 2.21 bits per heavy atom. The highest BCUT2D eigenvalue weighted by Crippen LogP contribution is 2.21. The Bertz CT molecular complexity index is 534. The molecule has 3 N–H and O–H groups in total. The van der Waals surface area contributed by atoms with Gasteiger partial charge in [0.05, 0.1) is 11.6 Å². The number of hydrogen-bond acceptors (Lipinski definition) is 3. The molecule has 0 bridgehead atoms. The Morgan fingerprint density at radius 3 is 2.84 bits per heavy atom. The van der Waals surface area contributed by atoms with E-state index in [1.807, 2.05) is 0 Å². The first-order valence-electron chi connectivity index (χ1n) is 5.78. The molecule has 1 heterocycles. The minimum Gasteiger partial charge on any atom is -0.409 e. The summed E-state index contributed by atoms with van der Waals surface area (Å²) in [5.74, 6) is -2.35. The van der Waals surface area contributed by atoms with E-state index in [9.17, 15) is 13.6 Å². The van der Waals surface area contributed by atoms with Gasteiger partial charge in [0.2, 0.25) is 0 Å². The summed E-state index contributed by atoms with van der Waals surface area (Å²) < 4.78 is 26.4. The van der Waals surface area contributed by atoms with Crippen LogP contribution >= 0.6 is 0 Å². The zero-order chi connectivity index (χ0) is 14.0. The van der Waals surface area contributed by atoms with E-state index in [1.54, 1.807) is 0 Å². The standard InChI is InChI=1S/C12H13F2N3O2/c13-7-3-4-8(9(14)6-7)12(18)17-5-1-2-10(17)11(15)16-19/h3-4,6,10,19H,1-2,5H2,(H2,15,16). The van der Waals surface area contributed by atoms with Crippen molar-refractivity contribution in [1.82, 2.24) is 4.90 Å². The third-order valence-corrected chi connectivity index (χ3v) is 3.13. The number of halogens is 2. The number of benzene rings is 1. The van der Waals surface area contributed by atoms with E-state index < -0.39 is 23.6 Å². The van der Waals surface area contributed by atoms with Crippen molar-refractivity contribution in [3.8, 4) is 0 Å². The molecule has 1 atom stereocenters. The molecule has 0 saturated carbocycles. The zero-order valence-electron chi connectivity index (χ0n) is 10.0. The van der Waals surface area contributed by atoms with Crippen LogP contribution < -0.4 is 5.73 Å². The van der Waals surface area contributed by atoms with Gasteiger partial charge in [0.25, 0.3) is 5.91 Å². The summed E-state index contributed by atoms with van der Waals surface area (Å²) in [7, 11) is 0. The number of carbonyl (C=O) groups excluding carboxylic acids is 1. The van der Waals surface area contributed by atoms with Crippen molar-refractivity contribution in [2.45, 2.75) is 18.9 Å². The zero-order valence-corrected chi connectivity index (χ0v) is 10.0. The molecular formula is C12H13F2N3O2. The number of carbonyl (C=O) groups is 1. The molecule has 102 valence electrons. The third kappa shape index (κ3) is 2.49. The van der Waals surface area contributed by atoms with Gasteiger partial charge in [-0.15, -0.1) is 0 Å². The van der Waals surface area contributed by atoms with Crippen LogP contribution in [0.3, 0.4) is 0 Å². The maximum Gasteiger partial charge on any atom is 0.257 e. The fourth-order valence-corrected chi connectivity index (χ4v) is 2.20. The maximum absolute atomic E-state index is 13.6. The number of nitrogens with two attached hydrogens (primary N) is 1. The van der Waals surface area contributed by atoms with Crippen molar-refractivity contribution >= 4 is 11.7 Å². The highest BCUT2D eigenvalue weighted by Gasteiger charge is 2.33. The first-order chi connectivity index (χ1) is 9.04. The summed E-state index contributed by atoms with van der Waals surface area (Å²) in [6, 6.07) is 2.21. The molecule has 1 amide bonds. The second-order valence-corrected chi connectivity index (χ2v) is 4.31. The van der Waals surface area contributed by atoms with E-state index >= 15 is 0 Å². The van der Waals surface area contributed by atoms with Crippen molar-refractivity contribution in [2.24, 2.45) is 10.9 Å². The molecule has 1 fully saturated rings. The van der Waals surface area contributed by atoms with Crippen LogP contribution in [0.5, 0.6) is 0 Å². The minimum atomic E-state index is -0.921. The van der Waals surface area contributed by atoms with Gasteiger partial charge in [0, 0.05) is 12.6 Å². The molecule has 1 aliphatic heterocycles. The predicted molar refractivity (Wildman–Crippen MR) is 63.8 cm³/mol. The molecule has 0 spiro atoms. The number of likely N-dealkylation sites (tertiary alicyclic amines) is 1. The molecule has 5 nitrogen and oxygen atoms in total. The van der Waals surface area contributed by atoms with Gasteiger partial charge in [-0.3, -0.25) is 4.79 Å². The lowest BCUT2D eigenvalue weighted by molar-refractivity contribution is 0.0763. The summed E-state index contributed by atoms with van der Waals surface area (Å²) in [6.45, 7) is 0.385. The average molecular weight is 269 g/mol. The van der Waals surface area contributed by atoms with Crippen molar-refractivity contribution in [3.05, 3.63) is 35.4 Å². The molecule has 1 aromatic rings. The van der Waals surface area contributed by atoms with E-state index in [0.29, 0.717) is 25.5 Å². The van der Waals surface area contributed by atoms with Gasteiger partial charge >= 0.3 is 0 Å². The van der Waals surface area contributed by atoms with Crippen molar-refractivity contribution in [3.63, 3.8) is 0 Å². The highest BCUT2D eigenvalue weighted by molar-refractivity contribution is 5.98. The third-order valence-electron chi connectivity index (χ3n) is 3.13. The topological polar surface area (TPSA) is 78.9 Å². The number of amides is 1. The van der Waals surface area contributed by atoms with E-state index in [4.69, 9.17) is 10.9 Å². The van der Waals surface area contributed by atoms with Crippen LogP contribution in [-0.4, -0.2) is 34.4 Å². The van der Waals surface area contributed by atoms with E-state index in [0.717, 1.165) is 12.1 Å². The number of nitrogens with zero attached hydrogens (tertiary/aromatic N) is 2. The number of oxime groups is 1. The van der Waals surface area contributed by atoms with Crippen molar-refractivity contribution in [1.29, 1.82) is 0 Å². The first-order valence-corrected chi connectivity index (χ1v) is 5.78. The molecule has 7 heteroatoms. The molecule has 1 aromatic carbocycles. The lowest BCUT2D eigenvalue weighted by atomic mass is 10.1. The fraction of sp³-hybridized carbons (Fsp3) is 0.333. The van der Waals surface area contributed by atoms with Gasteiger partial charge in [-0.05, 0) is 25.0 Å². The Kier molecular flexibility index (Phi) is 3.64. The molecule has 1 saturated heterocycles. The van der Waals surface area contributed by atoms with Crippen LogP contribution in [0.2, 0.25) is 0 Å². The molecule has 19 heavy (non-hydrogen) atoms. The van der Waals surface area contributed by atoms with Gasteiger partial charge in [-0.1, -0.05) is 5.16 Å². The van der Waals surface area contributed by atoms with Crippen LogP contribution in [0.15, 0.2) is 23.4 Å².